The van der Waals surface area contributed by atoms with E-state index in [2.05, 4.69) is 29.2 Å². The molecule has 0 saturated heterocycles. The third-order valence-corrected chi connectivity index (χ3v) is 4.90. The van der Waals surface area contributed by atoms with Crippen molar-refractivity contribution < 1.29 is 10.0 Å². The average molecular weight is 341 g/mol. The molecule has 0 bridgehead atoms. The Morgan fingerprint density at radius 1 is 0.654 bits per heavy atom. The predicted octanol–water partition coefficient (Wildman–Crippen LogP) is 3.41. The SMILES string of the molecule is CN(C)c1ccc(-c2c3ccccc3c(B(O)O)c3ccccc23)cc1. The minimum atomic E-state index is -1.52. The fourth-order valence-electron chi connectivity index (χ4n) is 3.68. The van der Waals surface area contributed by atoms with Gasteiger partial charge in [-0.1, -0.05) is 60.7 Å². The molecule has 3 nitrogen and oxygen atoms in total. The molecule has 26 heavy (non-hydrogen) atoms. The summed E-state index contributed by atoms with van der Waals surface area (Å²) in [5.74, 6) is 0. The van der Waals surface area contributed by atoms with Crippen molar-refractivity contribution in [2.75, 3.05) is 19.0 Å². The van der Waals surface area contributed by atoms with E-state index in [-0.39, 0.29) is 0 Å². The molecule has 4 aromatic rings. The topological polar surface area (TPSA) is 43.7 Å². The van der Waals surface area contributed by atoms with Gasteiger partial charge >= 0.3 is 7.12 Å². The van der Waals surface area contributed by atoms with Crippen LogP contribution in [-0.4, -0.2) is 31.3 Å². The minimum absolute atomic E-state index is 0.560. The quantitative estimate of drug-likeness (QED) is 0.443. The molecule has 0 atom stereocenters. The van der Waals surface area contributed by atoms with E-state index in [1.807, 2.05) is 62.6 Å². The van der Waals surface area contributed by atoms with Gasteiger partial charge in [-0.25, -0.2) is 0 Å². The van der Waals surface area contributed by atoms with Gasteiger partial charge in [0, 0.05) is 19.8 Å². The molecule has 4 aromatic carbocycles. The third-order valence-electron chi connectivity index (χ3n) is 4.90. The lowest BCUT2D eigenvalue weighted by Gasteiger charge is -2.18. The molecule has 0 saturated carbocycles. The van der Waals surface area contributed by atoms with Crippen molar-refractivity contribution in [1.82, 2.24) is 0 Å². The lowest BCUT2D eigenvalue weighted by Crippen LogP contribution is -2.31. The van der Waals surface area contributed by atoms with E-state index in [9.17, 15) is 10.0 Å². The van der Waals surface area contributed by atoms with Crippen LogP contribution in [0.25, 0.3) is 32.7 Å². The van der Waals surface area contributed by atoms with Crippen LogP contribution in [0.3, 0.4) is 0 Å². The Bertz CT molecular complexity index is 1030. The Morgan fingerprint density at radius 3 is 1.54 bits per heavy atom. The van der Waals surface area contributed by atoms with Gasteiger partial charge in [-0.15, -0.1) is 0 Å². The first-order valence-electron chi connectivity index (χ1n) is 8.65. The van der Waals surface area contributed by atoms with Crippen molar-refractivity contribution in [2.45, 2.75) is 0 Å². The highest BCUT2D eigenvalue weighted by Crippen LogP contribution is 2.36. The molecular formula is C22H20BNO2. The van der Waals surface area contributed by atoms with Crippen molar-refractivity contribution in [1.29, 1.82) is 0 Å². The van der Waals surface area contributed by atoms with Crippen LogP contribution in [0.4, 0.5) is 5.69 Å². The Kier molecular flexibility index (Phi) is 4.15. The summed E-state index contributed by atoms with van der Waals surface area (Å²) in [6.07, 6.45) is 0. The standard InChI is InChI=1S/C22H20BNO2/c1-24(2)16-13-11-15(12-14-16)21-17-7-3-5-9-19(17)22(23(25)26)20-10-6-4-8-18(20)21/h3-14,25-26H,1-2H3. The summed E-state index contributed by atoms with van der Waals surface area (Å²) >= 11 is 0. The smallest absolute Gasteiger partial charge is 0.423 e. The van der Waals surface area contributed by atoms with Gasteiger partial charge in [0.1, 0.15) is 0 Å². The zero-order valence-corrected chi connectivity index (χ0v) is 14.8. The molecule has 0 amide bonds. The normalized spacial score (nSPS) is 11.1. The molecule has 0 unspecified atom stereocenters. The van der Waals surface area contributed by atoms with Crippen molar-refractivity contribution in [3.8, 4) is 11.1 Å². The maximum Gasteiger partial charge on any atom is 0.489 e. The second-order valence-electron chi connectivity index (χ2n) is 6.69. The van der Waals surface area contributed by atoms with Crippen molar-refractivity contribution in [3.05, 3.63) is 72.8 Å². The number of rotatable bonds is 3. The van der Waals surface area contributed by atoms with Crippen LogP contribution in [0.1, 0.15) is 0 Å². The van der Waals surface area contributed by atoms with Gasteiger partial charge in [0.15, 0.2) is 0 Å². The van der Waals surface area contributed by atoms with Gasteiger partial charge in [0.25, 0.3) is 0 Å². The Hall–Kier alpha value is -2.82. The highest BCUT2D eigenvalue weighted by molar-refractivity contribution is 6.66. The minimum Gasteiger partial charge on any atom is -0.423 e. The summed E-state index contributed by atoms with van der Waals surface area (Å²) in [5, 5.41) is 23.8. The first kappa shape index (κ1) is 16.6. The van der Waals surface area contributed by atoms with Gasteiger partial charge in [-0.2, -0.15) is 0 Å². The van der Waals surface area contributed by atoms with E-state index >= 15 is 0 Å². The summed E-state index contributed by atoms with van der Waals surface area (Å²) < 4.78 is 0. The van der Waals surface area contributed by atoms with E-state index < -0.39 is 7.12 Å². The number of fused-ring (bicyclic) bond motifs is 2. The molecule has 0 aromatic heterocycles. The van der Waals surface area contributed by atoms with Crippen molar-refractivity contribution in [2.24, 2.45) is 0 Å². The molecule has 0 aliphatic carbocycles. The Morgan fingerprint density at radius 2 is 1.12 bits per heavy atom. The van der Waals surface area contributed by atoms with Crippen LogP contribution in [0.15, 0.2) is 72.8 Å². The average Bonchev–Trinajstić information content (AvgIpc) is 2.65. The van der Waals surface area contributed by atoms with Gasteiger partial charge in [0.2, 0.25) is 0 Å². The highest BCUT2D eigenvalue weighted by Gasteiger charge is 2.21. The molecule has 0 aliphatic heterocycles. The zero-order valence-electron chi connectivity index (χ0n) is 14.8. The fraction of sp³-hybridized carbons (Fsp3) is 0.0909. The maximum atomic E-state index is 10.0. The first-order valence-corrected chi connectivity index (χ1v) is 8.65. The molecule has 0 heterocycles. The zero-order chi connectivity index (χ0) is 18.3. The maximum absolute atomic E-state index is 10.0. The molecule has 0 radical (unpaired) electrons. The molecule has 128 valence electrons. The first-order chi connectivity index (χ1) is 12.6. The summed E-state index contributed by atoms with van der Waals surface area (Å²) in [6, 6.07) is 24.3. The van der Waals surface area contributed by atoms with E-state index in [1.54, 1.807) is 0 Å². The Labute approximate surface area is 153 Å². The molecule has 4 heteroatoms. The van der Waals surface area contributed by atoms with E-state index in [1.165, 1.54) is 0 Å². The van der Waals surface area contributed by atoms with Crippen LogP contribution in [-0.2, 0) is 0 Å². The summed E-state index contributed by atoms with van der Waals surface area (Å²) in [4.78, 5) is 2.07. The molecule has 0 aliphatic rings. The number of anilines is 1. The monoisotopic (exact) mass is 341 g/mol. The van der Waals surface area contributed by atoms with Crippen LogP contribution in [0, 0.1) is 0 Å². The van der Waals surface area contributed by atoms with Gasteiger partial charge < -0.3 is 14.9 Å². The summed E-state index contributed by atoms with van der Waals surface area (Å²) in [7, 11) is 2.53. The lowest BCUT2D eigenvalue weighted by molar-refractivity contribution is 0.426. The summed E-state index contributed by atoms with van der Waals surface area (Å²) in [5.41, 5.74) is 3.93. The second-order valence-corrected chi connectivity index (χ2v) is 6.69. The predicted molar refractivity (Wildman–Crippen MR) is 111 cm³/mol. The number of hydrogen-bond acceptors (Lipinski definition) is 3. The van der Waals surface area contributed by atoms with E-state index in [0.29, 0.717) is 5.46 Å². The van der Waals surface area contributed by atoms with Crippen LogP contribution >= 0.6 is 0 Å². The number of nitrogens with zero attached hydrogens (tertiary/aromatic N) is 1. The molecule has 0 spiro atoms. The van der Waals surface area contributed by atoms with Crippen molar-refractivity contribution >= 4 is 39.8 Å². The molecular weight excluding hydrogens is 321 g/mol. The number of benzene rings is 4. The van der Waals surface area contributed by atoms with Crippen LogP contribution < -0.4 is 10.4 Å². The third kappa shape index (κ3) is 2.64. The van der Waals surface area contributed by atoms with Crippen LogP contribution in [0.5, 0.6) is 0 Å². The largest absolute Gasteiger partial charge is 0.489 e. The molecule has 4 rings (SSSR count). The van der Waals surface area contributed by atoms with E-state index in [4.69, 9.17) is 0 Å². The number of hydrogen-bond donors (Lipinski definition) is 2. The van der Waals surface area contributed by atoms with Gasteiger partial charge in [-0.05, 0) is 50.3 Å². The van der Waals surface area contributed by atoms with Gasteiger partial charge in [-0.3, -0.25) is 0 Å². The summed E-state index contributed by atoms with van der Waals surface area (Å²) in [6.45, 7) is 0. The van der Waals surface area contributed by atoms with Crippen molar-refractivity contribution in [3.63, 3.8) is 0 Å². The fourth-order valence-corrected chi connectivity index (χ4v) is 3.68. The highest BCUT2D eigenvalue weighted by atomic mass is 16.4. The van der Waals surface area contributed by atoms with Crippen LogP contribution in [0.2, 0.25) is 0 Å². The lowest BCUT2D eigenvalue weighted by atomic mass is 9.72. The Balaban J connectivity index is 2.12. The molecule has 2 N–H and O–H groups in total. The molecule has 0 fully saturated rings. The van der Waals surface area contributed by atoms with Gasteiger partial charge in [0.05, 0.1) is 0 Å². The van der Waals surface area contributed by atoms with E-state index in [0.717, 1.165) is 38.4 Å². The second kappa shape index (κ2) is 6.48.